The molecular formula is C21H22BrN5O4S. The fourth-order valence-corrected chi connectivity index (χ4v) is 4.36. The Morgan fingerprint density at radius 2 is 2.12 bits per heavy atom. The molecule has 0 radical (unpaired) electrons. The number of hydrogen-bond donors (Lipinski definition) is 1. The second kappa shape index (κ2) is 10.3. The molecule has 1 saturated heterocycles. The van der Waals surface area contributed by atoms with E-state index in [9.17, 15) is 9.90 Å². The minimum Gasteiger partial charge on any atom is -0.493 e. The van der Waals surface area contributed by atoms with Crippen molar-refractivity contribution in [3.63, 3.8) is 0 Å². The molecule has 4 rings (SSSR count). The van der Waals surface area contributed by atoms with E-state index < -0.39 is 5.91 Å². The molecule has 1 aliphatic rings. The van der Waals surface area contributed by atoms with E-state index in [1.54, 1.807) is 11.5 Å². The molecule has 11 heteroatoms. The largest absolute Gasteiger partial charge is 0.493 e. The summed E-state index contributed by atoms with van der Waals surface area (Å²) >= 11 is 4.99. The maximum Gasteiger partial charge on any atom is 0.304 e. The normalized spacial score (nSPS) is 15.6. The molecule has 3 heterocycles. The highest BCUT2D eigenvalue weighted by Crippen LogP contribution is 2.40. The maximum absolute atomic E-state index is 12.2. The SMILES string of the molecule is C/C(=N\OCC(=O)N=Nc1c(O)n(CN2CCOCC2)c2ccc(Br)cc12)c1cccs1. The zero-order chi connectivity index (χ0) is 22.5. The summed E-state index contributed by atoms with van der Waals surface area (Å²) in [7, 11) is 0. The van der Waals surface area contributed by atoms with Crippen LogP contribution >= 0.6 is 27.3 Å². The van der Waals surface area contributed by atoms with E-state index in [0.29, 0.717) is 31.0 Å². The molecule has 1 aromatic carbocycles. The van der Waals surface area contributed by atoms with E-state index in [4.69, 9.17) is 9.57 Å². The van der Waals surface area contributed by atoms with Gasteiger partial charge in [-0.05, 0) is 36.6 Å². The van der Waals surface area contributed by atoms with Gasteiger partial charge in [-0.25, -0.2) is 0 Å². The first-order valence-electron chi connectivity index (χ1n) is 9.99. The van der Waals surface area contributed by atoms with Crippen LogP contribution in [0.25, 0.3) is 10.9 Å². The number of fused-ring (bicyclic) bond motifs is 1. The number of aromatic nitrogens is 1. The number of halogens is 1. The Balaban J connectivity index is 1.50. The summed E-state index contributed by atoms with van der Waals surface area (Å²) in [5.41, 5.74) is 1.71. The summed E-state index contributed by atoms with van der Waals surface area (Å²) < 4.78 is 7.99. The van der Waals surface area contributed by atoms with Crippen molar-refractivity contribution in [1.29, 1.82) is 0 Å². The molecule has 3 aromatic rings. The van der Waals surface area contributed by atoms with Crippen LogP contribution in [0.1, 0.15) is 11.8 Å². The predicted molar refractivity (Wildman–Crippen MR) is 126 cm³/mol. The Morgan fingerprint density at radius 3 is 2.88 bits per heavy atom. The number of thiophene rings is 1. The molecule has 1 N–H and O–H groups in total. The first-order chi connectivity index (χ1) is 15.5. The summed E-state index contributed by atoms with van der Waals surface area (Å²) in [5.74, 6) is -0.648. The lowest BCUT2D eigenvalue weighted by atomic mass is 10.2. The number of ether oxygens (including phenoxy) is 1. The first-order valence-corrected chi connectivity index (χ1v) is 11.7. The number of oxime groups is 1. The van der Waals surface area contributed by atoms with Gasteiger partial charge in [-0.2, -0.15) is 0 Å². The van der Waals surface area contributed by atoms with Crippen molar-refractivity contribution in [1.82, 2.24) is 9.47 Å². The Labute approximate surface area is 197 Å². The molecule has 1 amide bonds. The number of azo groups is 1. The van der Waals surface area contributed by atoms with Crippen LogP contribution in [0, 0.1) is 0 Å². The van der Waals surface area contributed by atoms with Gasteiger partial charge >= 0.3 is 5.91 Å². The van der Waals surface area contributed by atoms with Crippen LogP contribution in [-0.4, -0.2) is 59.1 Å². The van der Waals surface area contributed by atoms with Crippen LogP contribution in [0.4, 0.5) is 5.69 Å². The minimum atomic E-state index is -0.601. The Kier molecular flexibility index (Phi) is 7.30. The lowest BCUT2D eigenvalue weighted by Crippen LogP contribution is -2.37. The quantitative estimate of drug-likeness (QED) is 0.281. The van der Waals surface area contributed by atoms with E-state index in [0.717, 1.165) is 28.0 Å². The number of amides is 1. The van der Waals surface area contributed by atoms with Crippen LogP contribution in [-0.2, 0) is 21.0 Å². The highest BCUT2D eigenvalue weighted by atomic mass is 79.9. The van der Waals surface area contributed by atoms with Gasteiger partial charge in [-0.3, -0.25) is 14.3 Å². The lowest BCUT2D eigenvalue weighted by Gasteiger charge is -2.27. The number of carbonyl (C=O) groups excluding carboxylic acids is 1. The topological polar surface area (TPSA) is 101 Å². The fourth-order valence-electron chi connectivity index (χ4n) is 3.33. The van der Waals surface area contributed by atoms with E-state index >= 15 is 0 Å². The van der Waals surface area contributed by atoms with Gasteiger partial charge in [-0.15, -0.1) is 21.6 Å². The van der Waals surface area contributed by atoms with E-state index in [1.807, 2.05) is 35.7 Å². The molecule has 1 fully saturated rings. The van der Waals surface area contributed by atoms with Crippen molar-refractivity contribution in [2.45, 2.75) is 13.6 Å². The number of carbonyl (C=O) groups is 1. The van der Waals surface area contributed by atoms with E-state index in [1.165, 1.54) is 11.3 Å². The number of benzene rings is 1. The van der Waals surface area contributed by atoms with Gasteiger partial charge in [0, 0.05) is 22.9 Å². The number of aromatic hydroxyl groups is 1. The van der Waals surface area contributed by atoms with Gasteiger partial charge in [0.05, 0.1) is 36.0 Å². The van der Waals surface area contributed by atoms with Crippen LogP contribution in [0.5, 0.6) is 5.88 Å². The lowest BCUT2D eigenvalue weighted by molar-refractivity contribution is -0.122. The van der Waals surface area contributed by atoms with Crippen LogP contribution in [0.2, 0.25) is 0 Å². The minimum absolute atomic E-state index is 0.0476. The molecule has 2 aromatic heterocycles. The number of rotatable bonds is 7. The molecule has 0 spiro atoms. The third-order valence-corrected chi connectivity index (χ3v) is 6.42. The van der Waals surface area contributed by atoms with Crippen LogP contribution in [0.15, 0.2) is 55.6 Å². The molecule has 9 nitrogen and oxygen atoms in total. The average molecular weight is 520 g/mol. The zero-order valence-electron chi connectivity index (χ0n) is 17.4. The number of morpholine rings is 1. The van der Waals surface area contributed by atoms with Gasteiger partial charge in [0.25, 0.3) is 0 Å². The molecule has 0 bridgehead atoms. The molecule has 0 atom stereocenters. The summed E-state index contributed by atoms with van der Waals surface area (Å²) in [6.07, 6.45) is 0. The first kappa shape index (κ1) is 22.6. The van der Waals surface area contributed by atoms with Crippen LogP contribution < -0.4 is 0 Å². The monoisotopic (exact) mass is 519 g/mol. The molecular weight excluding hydrogens is 498 g/mol. The Bertz CT molecular complexity index is 1150. The molecule has 0 saturated carbocycles. The summed E-state index contributed by atoms with van der Waals surface area (Å²) in [5, 5.41) is 25.2. The third-order valence-electron chi connectivity index (χ3n) is 4.95. The second-order valence-corrected chi connectivity index (χ2v) is 9.02. The third kappa shape index (κ3) is 5.23. The summed E-state index contributed by atoms with van der Waals surface area (Å²) in [6.45, 7) is 4.79. The van der Waals surface area contributed by atoms with E-state index in [2.05, 4.69) is 36.2 Å². The van der Waals surface area contributed by atoms with Gasteiger partial charge in [-0.1, -0.05) is 27.2 Å². The van der Waals surface area contributed by atoms with Gasteiger partial charge in [0.2, 0.25) is 5.88 Å². The van der Waals surface area contributed by atoms with Crippen molar-refractivity contribution in [2.75, 3.05) is 32.9 Å². The number of hydrogen-bond acceptors (Lipinski definition) is 8. The molecule has 0 unspecified atom stereocenters. The Hall–Kier alpha value is -2.60. The van der Waals surface area contributed by atoms with Crippen molar-refractivity contribution >= 4 is 55.5 Å². The Morgan fingerprint density at radius 1 is 1.31 bits per heavy atom. The highest BCUT2D eigenvalue weighted by Gasteiger charge is 2.20. The zero-order valence-corrected chi connectivity index (χ0v) is 19.8. The number of nitrogens with zero attached hydrogens (tertiary/aromatic N) is 5. The predicted octanol–water partition coefficient (Wildman–Crippen LogP) is 4.51. The van der Waals surface area contributed by atoms with Gasteiger partial charge in [0.15, 0.2) is 12.3 Å². The molecule has 32 heavy (non-hydrogen) atoms. The smallest absolute Gasteiger partial charge is 0.304 e. The standard InChI is InChI=1S/C21H22BrN5O4S/c1-14(18-3-2-10-32-18)25-31-12-19(28)23-24-20-16-11-15(22)4-5-17(16)27(21(20)29)13-26-6-8-30-9-7-26/h2-5,10-11,29H,6-9,12-13H2,1H3/b24-23?,25-14+. The molecule has 1 aliphatic heterocycles. The highest BCUT2D eigenvalue weighted by molar-refractivity contribution is 9.10. The van der Waals surface area contributed by atoms with Crippen molar-refractivity contribution in [3.05, 3.63) is 45.1 Å². The van der Waals surface area contributed by atoms with Crippen LogP contribution in [0.3, 0.4) is 0 Å². The maximum atomic E-state index is 12.2. The van der Waals surface area contributed by atoms with Crippen molar-refractivity contribution in [2.24, 2.45) is 15.4 Å². The second-order valence-electron chi connectivity index (χ2n) is 7.15. The fraction of sp³-hybridized carbons (Fsp3) is 0.333. The molecule has 168 valence electrons. The summed E-state index contributed by atoms with van der Waals surface area (Å²) in [4.78, 5) is 20.4. The van der Waals surface area contributed by atoms with Gasteiger partial charge < -0.3 is 14.7 Å². The van der Waals surface area contributed by atoms with Crippen molar-refractivity contribution < 1.29 is 19.5 Å². The summed E-state index contributed by atoms with van der Waals surface area (Å²) in [6, 6.07) is 9.46. The average Bonchev–Trinajstić information content (AvgIpc) is 3.41. The van der Waals surface area contributed by atoms with Crippen molar-refractivity contribution in [3.8, 4) is 5.88 Å². The van der Waals surface area contributed by atoms with Gasteiger partial charge in [0.1, 0.15) is 0 Å². The molecule has 0 aliphatic carbocycles. The van der Waals surface area contributed by atoms with E-state index in [-0.39, 0.29) is 18.2 Å².